The molecule has 4 unspecified atom stereocenters. The lowest BCUT2D eigenvalue weighted by atomic mass is 9.93. The topological polar surface area (TPSA) is 145 Å². The number of carbonyl (C=O) groups is 3. The van der Waals surface area contributed by atoms with Crippen LogP contribution in [0.1, 0.15) is 56.5 Å². The number of benzene rings is 2. The van der Waals surface area contributed by atoms with E-state index in [9.17, 15) is 19.5 Å². The van der Waals surface area contributed by atoms with Gasteiger partial charge in [-0.05, 0) is 42.2 Å². The van der Waals surface area contributed by atoms with Gasteiger partial charge in [0, 0.05) is 31.4 Å². The fourth-order valence-corrected chi connectivity index (χ4v) is 6.19. The molecule has 4 rings (SSSR count). The zero-order chi connectivity index (χ0) is 36.0. The highest BCUT2D eigenvalue weighted by Crippen LogP contribution is 2.18. The number of nitrogens with zero attached hydrogens (tertiary/aromatic N) is 3. The average Bonchev–Trinajstić information content (AvgIpc) is 3.79. The van der Waals surface area contributed by atoms with Gasteiger partial charge < -0.3 is 30.7 Å². The second kappa shape index (κ2) is 19.0. The largest absolute Gasteiger partial charge is 0.444 e. The Morgan fingerprint density at radius 2 is 1.60 bits per heavy atom. The van der Waals surface area contributed by atoms with Crippen LogP contribution in [0, 0.1) is 11.8 Å². The number of rotatable bonds is 17. The number of hydrogen-bond donors (Lipinski definition) is 4. The van der Waals surface area contributed by atoms with Crippen LogP contribution in [0.25, 0.3) is 0 Å². The van der Waals surface area contributed by atoms with Gasteiger partial charge in [-0.2, -0.15) is 0 Å². The van der Waals surface area contributed by atoms with E-state index in [1.54, 1.807) is 18.8 Å². The summed E-state index contributed by atoms with van der Waals surface area (Å²) in [6.07, 6.45) is 3.66. The number of hydrogen-bond acceptors (Lipinski definition) is 8. The first-order chi connectivity index (χ1) is 24.0. The van der Waals surface area contributed by atoms with Crippen molar-refractivity contribution in [3.05, 3.63) is 100 Å². The van der Waals surface area contributed by atoms with Crippen LogP contribution in [0.2, 0.25) is 0 Å². The predicted molar refractivity (Wildman–Crippen MR) is 197 cm³/mol. The number of aliphatic hydroxyl groups excluding tert-OH is 1. The summed E-state index contributed by atoms with van der Waals surface area (Å²) in [5, 5.41) is 20.5. The molecule has 12 heteroatoms. The van der Waals surface area contributed by atoms with Crippen molar-refractivity contribution in [2.75, 3.05) is 13.6 Å². The third-order valence-electron chi connectivity index (χ3n) is 8.57. The van der Waals surface area contributed by atoms with Crippen LogP contribution in [-0.2, 0) is 29.0 Å². The first-order valence-electron chi connectivity index (χ1n) is 17.1. The second-order valence-corrected chi connectivity index (χ2v) is 14.3. The van der Waals surface area contributed by atoms with Crippen LogP contribution in [0.5, 0.6) is 0 Å². The van der Waals surface area contributed by atoms with E-state index in [4.69, 9.17) is 4.74 Å². The van der Waals surface area contributed by atoms with Crippen molar-refractivity contribution in [2.24, 2.45) is 16.8 Å². The molecule has 268 valence electrons. The van der Waals surface area contributed by atoms with Crippen LogP contribution in [0.3, 0.4) is 0 Å². The normalized spacial score (nSPS) is 15.0. The lowest BCUT2D eigenvalue weighted by Crippen LogP contribution is -2.56. The van der Waals surface area contributed by atoms with Gasteiger partial charge >= 0.3 is 12.1 Å². The molecule has 1 aliphatic heterocycles. The van der Waals surface area contributed by atoms with Gasteiger partial charge in [-0.15, -0.1) is 11.3 Å². The molecule has 11 nitrogen and oxygen atoms in total. The number of carbonyl (C=O) groups excluding carboxylic acids is 3. The molecule has 4 N–H and O–H groups in total. The highest BCUT2D eigenvalue weighted by Gasteiger charge is 2.31. The van der Waals surface area contributed by atoms with Crippen molar-refractivity contribution in [3.63, 3.8) is 0 Å². The minimum atomic E-state index is -1.05. The third kappa shape index (κ3) is 12.1. The highest BCUT2D eigenvalue weighted by atomic mass is 32.1. The minimum absolute atomic E-state index is 0.0681. The van der Waals surface area contributed by atoms with E-state index in [1.807, 2.05) is 80.6 Å². The molecule has 0 spiro atoms. The van der Waals surface area contributed by atoms with Gasteiger partial charge in [-0.1, -0.05) is 94.4 Å². The van der Waals surface area contributed by atoms with Crippen molar-refractivity contribution in [2.45, 2.75) is 84.2 Å². The van der Waals surface area contributed by atoms with Gasteiger partial charge in [0.25, 0.3) is 0 Å². The first-order valence-corrected chi connectivity index (χ1v) is 18.0. The van der Waals surface area contributed by atoms with Crippen LogP contribution < -0.4 is 16.0 Å². The van der Waals surface area contributed by atoms with E-state index in [-0.39, 0.29) is 30.9 Å². The SMILES string of the molecule is CC(C)C1=NC(CN(C)C(=O)NC(C(=O)NC(Cc2ccccc2)CC(O)C(Cc2ccccc2)NC(=O)OCc2cncs2)C(C)C)=CC1. The molecule has 2 aromatic carbocycles. The first kappa shape index (κ1) is 38.3. The number of thiazole rings is 1. The monoisotopic (exact) mass is 702 g/mol. The summed E-state index contributed by atoms with van der Waals surface area (Å²) >= 11 is 1.38. The maximum Gasteiger partial charge on any atom is 0.407 e. The molecule has 1 aliphatic rings. The van der Waals surface area contributed by atoms with Crippen molar-refractivity contribution >= 4 is 35.1 Å². The number of ether oxygens (including phenoxy) is 1. The molecule has 2 heterocycles. The van der Waals surface area contributed by atoms with Crippen LogP contribution in [0.4, 0.5) is 9.59 Å². The number of aromatic nitrogens is 1. The molecule has 0 saturated heterocycles. The number of likely N-dealkylation sites (N-methyl/N-ethyl adjacent to an activating group) is 1. The van der Waals surface area contributed by atoms with Crippen molar-refractivity contribution in [1.82, 2.24) is 25.8 Å². The zero-order valence-corrected chi connectivity index (χ0v) is 30.4. The molecule has 4 atom stereocenters. The molecule has 1 aromatic heterocycles. The smallest absolute Gasteiger partial charge is 0.407 e. The molecule has 0 radical (unpaired) electrons. The summed E-state index contributed by atoms with van der Waals surface area (Å²) in [7, 11) is 1.69. The molecular weight excluding hydrogens is 653 g/mol. The highest BCUT2D eigenvalue weighted by molar-refractivity contribution is 7.09. The maximum atomic E-state index is 13.9. The summed E-state index contributed by atoms with van der Waals surface area (Å²) in [5.41, 5.74) is 5.49. The number of allylic oxidation sites excluding steroid dienone is 1. The van der Waals surface area contributed by atoms with Gasteiger partial charge in [0.1, 0.15) is 12.6 Å². The van der Waals surface area contributed by atoms with Gasteiger partial charge in [0.15, 0.2) is 0 Å². The summed E-state index contributed by atoms with van der Waals surface area (Å²) in [6.45, 7) is 8.35. The zero-order valence-electron chi connectivity index (χ0n) is 29.5. The Labute approximate surface area is 299 Å². The van der Waals surface area contributed by atoms with Gasteiger partial charge in [-0.3, -0.25) is 14.8 Å². The maximum absolute atomic E-state index is 13.9. The number of nitrogens with one attached hydrogen (secondary N) is 3. The van der Waals surface area contributed by atoms with Gasteiger partial charge in [0.05, 0.1) is 34.8 Å². The molecule has 50 heavy (non-hydrogen) atoms. The van der Waals surface area contributed by atoms with E-state index >= 15 is 0 Å². The Morgan fingerprint density at radius 3 is 2.18 bits per heavy atom. The lowest BCUT2D eigenvalue weighted by molar-refractivity contribution is -0.124. The summed E-state index contributed by atoms with van der Waals surface area (Å²) in [4.78, 5) is 51.0. The van der Waals surface area contributed by atoms with E-state index in [1.165, 1.54) is 16.2 Å². The molecule has 0 fully saturated rings. The van der Waals surface area contributed by atoms with Crippen LogP contribution in [0.15, 0.2) is 89.1 Å². The molecule has 3 aromatic rings. The number of urea groups is 1. The molecule has 4 amide bonds. The Morgan fingerprint density at radius 1 is 0.940 bits per heavy atom. The van der Waals surface area contributed by atoms with Crippen LogP contribution >= 0.6 is 11.3 Å². The minimum Gasteiger partial charge on any atom is -0.444 e. The van der Waals surface area contributed by atoms with Gasteiger partial charge in [0.2, 0.25) is 5.91 Å². The Kier molecular flexibility index (Phi) is 14.5. The van der Waals surface area contributed by atoms with Gasteiger partial charge in [-0.25, -0.2) is 9.59 Å². The molecule has 0 bridgehead atoms. The number of alkyl carbamates (subject to hydrolysis) is 1. The lowest BCUT2D eigenvalue weighted by Gasteiger charge is -2.30. The fraction of sp³-hybridized carbons (Fsp3) is 0.447. The van der Waals surface area contributed by atoms with E-state index < -0.39 is 30.3 Å². The standard InChI is InChI=1S/C38H50N6O5S/c1-25(2)32-17-16-29(40-32)22-44(5)37(47)43-35(26(3)4)36(46)41-30(18-27-12-8-6-9-13-27)20-34(45)33(19-28-14-10-7-11-15-28)42-38(48)49-23-31-21-39-24-50-31/h6-16,21,24-26,30,33-35,45H,17-20,22-23H2,1-5H3,(H,41,46)(H,42,48)(H,43,47). The summed E-state index contributed by atoms with van der Waals surface area (Å²) in [5.74, 6) is -0.231. The molecular formula is C38H50N6O5S. The number of amides is 4. The molecule has 0 saturated carbocycles. The Bertz CT molecular complexity index is 1580. The quantitative estimate of drug-likeness (QED) is 0.146. The fourth-order valence-electron chi connectivity index (χ4n) is 5.69. The second-order valence-electron chi connectivity index (χ2n) is 13.4. The molecule has 0 aliphatic carbocycles. The average molecular weight is 703 g/mol. The van der Waals surface area contributed by atoms with Crippen molar-refractivity contribution < 1.29 is 24.2 Å². The number of aliphatic hydroxyl groups is 1. The third-order valence-corrected chi connectivity index (χ3v) is 9.32. The summed E-state index contributed by atoms with van der Waals surface area (Å²) in [6, 6.07) is 16.8. The van der Waals surface area contributed by atoms with E-state index in [2.05, 4.69) is 39.8 Å². The van der Waals surface area contributed by atoms with Crippen molar-refractivity contribution in [3.8, 4) is 0 Å². The predicted octanol–water partition coefficient (Wildman–Crippen LogP) is 5.51. The van der Waals surface area contributed by atoms with E-state index in [0.29, 0.717) is 25.3 Å². The van der Waals surface area contributed by atoms with E-state index in [0.717, 1.165) is 33.8 Å². The summed E-state index contributed by atoms with van der Waals surface area (Å²) < 4.78 is 5.43. The Balaban J connectivity index is 1.46. The Hall–Kier alpha value is -4.55. The number of aliphatic imine (C=N–C) groups is 1. The van der Waals surface area contributed by atoms with Crippen LogP contribution in [-0.4, -0.2) is 76.6 Å². The van der Waals surface area contributed by atoms with Crippen molar-refractivity contribution in [1.29, 1.82) is 0 Å².